The Kier molecular flexibility index (Phi) is 5.73. The average Bonchev–Trinajstić information content (AvgIpc) is 2.54. The summed E-state index contributed by atoms with van der Waals surface area (Å²) in [4.78, 5) is 23.6. The SMILES string of the molecule is N#Cc1ccccc1NC(=O)CC(=O)NCc1ccc(Cl)cc1. The lowest BCUT2D eigenvalue weighted by atomic mass is 10.2. The van der Waals surface area contributed by atoms with E-state index in [2.05, 4.69) is 10.6 Å². The third-order valence-corrected chi connectivity index (χ3v) is 3.30. The van der Waals surface area contributed by atoms with Gasteiger partial charge >= 0.3 is 0 Å². The Bertz CT molecular complexity index is 751. The molecule has 0 atom stereocenters. The molecule has 0 fully saturated rings. The number of carbonyl (C=O) groups is 2. The molecule has 0 bridgehead atoms. The van der Waals surface area contributed by atoms with Crippen molar-refractivity contribution >= 4 is 29.1 Å². The number of anilines is 1. The van der Waals surface area contributed by atoms with E-state index >= 15 is 0 Å². The summed E-state index contributed by atoms with van der Waals surface area (Å²) in [6.07, 6.45) is -0.312. The Labute approximate surface area is 138 Å². The summed E-state index contributed by atoms with van der Waals surface area (Å²) in [6, 6.07) is 15.6. The maximum Gasteiger partial charge on any atom is 0.233 e. The van der Waals surface area contributed by atoms with Crippen molar-refractivity contribution in [1.82, 2.24) is 5.32 Å². The zero-order valence-electron chi connectivity index (χ0n) is 12.2. The zero-order valence-corrected chi connectivity index (χ0v) is 12.9. The number of halogens is 1. The van der Waals surface area contributed by atoms with E-state index in [1.54, 1.807) is 48.5 Å². The first-order valence-electron chi connectivity index (χ1n) is 6.88. The van der Waals surface area contributed by atoms with Gasteiger partial charge in [-0.25, -0.2) is 0 Å². The first-order valence-corrected chi connectivity index (χ1v) is 7.26. The fourth-order valence-corrected chi connectivity index (χ4v) is 2.02. The summed E-state index contributed by atoms with van der Waals surface area (Å²) in [5, 5.41) is 14.8. The molecule has 0 unspecified atom stereocenters. The van der Waals surface area contributed by atoms with Gasteiger partial charge in [0.2, 0.25) is 11.8 Å². The molecule has 0 radical (unpaired) electrons. The number of para-hydroxylation sites is 1. The Morgan fingerprint density at radius 3 is 2.43 bits per heavy atom. The number of carbonyl (C=O) groups excluding carboxylic acids is 2. The molecule has 116 valence electrons. The summed E-state index contributed by atoms with van der Waals surface area (Å²) < 4.78 is 0. The van der Waals surface area contributed by atoms with Crippen LogP contribution in [0.15, 0.2) is 48.5 Å². The molecule has 0 saturated heterocycles. The lowest BCUT2D eigenvalue weighted by Gasteiger charge is -2.08. The van der Waals surface area contributed by atoms with Crippen LogP contribution in [0.2, 0.25) is 5.02 Å². The highest BCUT2D eigenvalue weighted by Gasteiger charge is 2.11. The highest BCUT2D eigenvalue weighted by atomic mass is 35.5. The van der Waals surface area contributed by atoms with Crippen LogP contribution in [0.5, 0.6) is 0 Å². The molecule has 2 rings (SSSR count). The fourth-order valence-electron chi connectivity index (χ4n) is 1.90. The molecule has 2 aromatic carbocycles. The Balaban J connectivity index is 1.84. The highest BCUT2D eigenvalue weighted by molar-refractivity contribution is 6.30. The fraction of sp³-hybridized carbons (Fsp3) is 0.118. The summed E-state index contributed by atoms with van der Waals surface area (Å²) in [6.45, 7) is 0.318. The lowest BCUT2D eigenvalue weighted by Crippen LogP contribution is -2.27. The van der Waals surface area contributed by atoms with Crippen LogP contribution in [0.25, 0.3) is 0 Å². The molecule has 2 amide bonds. The molecule has 5 nitrogen and oxygen atoms in total. The normalized spacial score (nSPS) is 9.74. The van der Waals surface area contributed by atoms with E-state index in [0.29, 0.717) is 22.8 Å². The van der Waals surface area contributed by atoms with Gasteiger partial charge in [-0.2, -0.15) is 5.26 Å². The van der Waals surface area contributed by atoms with Crippen LogP contribution in [0.4, 0.5) is 5.69 Å². The van der Waals surface area contributed by atoms with Crippen LogP contribution in [0.1, 0.15) is 17.5 Å². The van der Waals surface area contributed by atoms with E-state index in [9.17, 15) is 9.59 Å². The van der Waals surface area contributed by atoms with E-state index in [1.165, 1.54) is 0 Å². The average molecular weight is 328 g/mol. The predicted molar refractivity (Wildman–Crippen MR) is 87.7 cm³/mol. The lowest BCUT2D eigenvalue weighted by molar-refractivity contribution is -0.126. The Morgan fingerprint density at radius 1 is 1.04 bits per heavy atom. The summed E-state index contributed by atoms with van der Waals surface area (Å²) in [5.74, 6) is -0.867. The van der Waals surface area contributed by atoms with Crippen molar-refractivity contribution in [2.75, 3.05) is 5.32 Å². The number of benzene rings is 2. The van der Waals surface area contributed by atoms with Gasteiger partial charge in [0.05, 0.1) is 11.3 Å². The van der Waals surface area contributed by atoms with Crippen LogP contribution >= 0.6 is 11.6 Å². The van der Waals surface area contributed by atoms with Crippen molar-refractivity contribution in [3.8, 4) is 6.07 Å². The standard InChI is InChI=1S/C17H14ClN3O2/c18-14-7-5-12(6-8-14)11-20-16(22)9-17(23)21-15-4-2-1-3-13(15)10-19/h1-8H,9,11H2,(H,20,22)(H,21,23). The summed E-state index contributed by atoms with van der Waals surface area (Å²) >= 11 is 5.78. The first-order chi connectivity index (χ1) is 11.1. The largest absolute Gasteiger partial charge is 0.352 e. The van der Waals surface area contributed by atoms with Gasteiger partial charge in [-0.3, -0.25) is 9.59 Å². The van der Waals surface area contributed by atoms with Crippen LogP contribution in [-0.2, 0) is 16.1 Å². The molecule has 0 heterocycles. The number of nitrogens with zero attached hydrogens (tertiary/aromatic N) is 1. The van der Waals surface area contributed by atoms with E-state index in [1.807, 2.05) is 6.07 Å². The molecule has 0 aliphatic rings. The third-order valence-electron chi connectivity index (χ3n) is 3.05. The summed E-state index contributed by atoms with van der Waals surface area (Å²) in [7, 11) is 0. The molecule has 0 aromatic heterocycles. The van der Waals surface area contributed by atoms with Crippen molar-refractivity contribution in [2.45, 2.75) is 13.0 Å². The number of amides is 2. The second kappa shape index (κ2) is 7.97. The first kappa shape index (κ1) is 16.5. The van der Waals surface area contributed by atoms with Crippen molar-refractivity contribution in [3.05, 3.63) is 64.7 Å². The van der Waals surface area contributed by atoms with Gasteiger partial charge in [0.1, 0.15) is 12.5 Å². The summed E-state index contributed by atoms with van der Waals surface area (Å²) in [5.41, 5.74) is 1.63. The minimum absolute atomic E-state index is 0.312. The smallest absolute Gasteiger partial charge is 0.233 e. The molecule has 23 heavy (non-hydrogen) atoms. The topological polar surface area (TPSA) is 82.0 Å². The van der Waals surface area contributed by atoms with E-state index in [-0.39, 0.29) is 6.42 Å². The number of rotatable bonds is 5. The number of nitriles is 1. The maximum absolute atomic E-state index is 11.8. The van der Waals surface area contributed by atoms with Crippen LogP contribution in [0.3, 0.4) is 0 Å². The van der Waals surface area contributed by atoms with E-state index in [0.717, 1.165) is 5.56 Å². The minimum atomic E-state index is -0.471. The van der Waals surface area contributed by atoms with Gasteiger partial charge < -0.3 is 10.6 Å². The molecular weight excluding hydrogens is 314 g/mol. The number of nitrogens with one attached hydrogen (secondary N) is 2. The molecule has 0 aliphatic heterocycles. The predicted octanol–water partition coefficient (Wildman–Crippen LogP) is 2.86. The second-order valence-corrected chi connectivity index (χ2v) is 5.22. The van der Waals surface area contributed by atoms with E-state index in [4.69, 9.17) is 16.9 Å². The highest BCUT2D eigenvalue weighted by Crippen LogP contribution is 2.13. The molecule has 2 aromatic rings. The monoisotopic (exact) mass is 327 g/mol. The minimum Gasteiger partial charge on any atom is -0.352 e. The van der Waals surface area contributed by atoms with Gasteiger partial charge in [-0.15, -0.1) is 0 Å². The van der Waals surface area contributed by atoms with Gasteiger partial charge in [0.15, 0.2) is 0 Å². The second-order valence-electron chi connectivity index (χ2n) is 4.79. The van der Waals surface area contributed by atoms with Crippen LogP contribution < -0.4 is 10.6 Å². The van der Waals surface area contributed by atoms with Gasteiger partial charge in [-0.05, 0) is 29.8 Å². The number of hydrogen-bond donors (Lipinski definition) is 2. The van der Waals surface area contributed by atoms with Crippen molar-refractivity contribution < 1.29 is 9.59 Å². The molecule has 0 spiro atoms. The Morgan fingerprint density at radius 2 is 1.74 bits per heavy atom. The van der Waals surface area contributed by atoms with Crippen LogP contribution in [0, 0.1) is 11.3 Å². The van der Waals surface area contributed by atoms with Crippen molar-refractivity contribution in [1.29, 1.82) is 5.26 Å². The molecule has 6 heteroatoms. The molecule has 0 saturated carbocycles. The van der Waals surface area contributed by atoms with Gasteiger partial charge in [0, 0.05) is 11.6 Å². The third kappa shape index (κ3) is 5.13. The van der Waals surface area contributed by atoms with Crippen molar-refractivity contribution in [2.24, 2.45) is 0 Å². The maximum atomic E-state index is 11.8. The van der Waals surface area contributed by atoms with Crippen LogP contribution in [-0.4, -0.2) is 11.8 Å². The molecule has 2 N–H and O–H groups in total. The molecular formula is C17H14ClN3O2. The Hall–Kier alpha value is -2.84. The number of hydrogen-bond acceptors (Lipinski definition) is 3. The van der Waals surface area contributed by atoms with Gasteiger partial charge in [-0.1, -0.05) is 35.9 Å². The van der Waals surface area contributed by atoms with Gasteiger partial charge in [0.25, 0.3) is 0 Å². The van der Waals surface area contributed by atoms with Crippen molar-refractivity contribution in [3.63, 3.8) is 0 Å². The quantitative estimate of drug-likeness (QED) is 0.828. The molecule has 0 aliphatic carbocycles. The van der Waals surface area contributed by atoms with E-state index < -0.39 is 11.8 Å². The zero-order chi connectivity index (χ0) is 16.7.